The number of esters is 1. The lowest BCUT2D eigenvalue weighted by molar-refractivity contribution is -0.155. The second-order valence-electron chi connectivity index (χ2n) is 10.6. The number of rotatable bonds is 12. The third-order valence-corrected chi connectivity index (χ3v) is 6.92. The highest BCUT2D eigenvalue weighted by Crippen LogP contribution is 2.24. The second kappa shape index (κ2) is 14.1. The van der Waals surface area contributed by atoms with E-state index < -0.39 is 36.1 Å². The largest absolute Gasteiger partial charge is 0.497 e. The molecule has 212 valence electrons. The number of amides is 3. The zero-order valence-electron chi connectivity index (χ0n) is 23.6. The van der Waals surface area contributed by atoms with Gasteiger partial charge in [0, 0.05) is 20.0 Å². The number of methoxy groups -OCH3 is 2. The Hall–Kier alpha value is -3.14. The summed E-state index contributed by atoms with van der Waals surface area (Å²) in [5.41, 5.74) is 0.823. The number of aliphatic hydroxyl groups is 1. The van der Waals surface area contributed by atoms with Crippen molar-refractivity contribution in [1.29, 1.82) is 0 Å². The molecule has 1 aliphatic rings. The molecule has 1 fully saturated rings. The van der Waals surface area contributed by atoms with E-state index in [4.69, 9.17) is 9.47 Å². The molecule has 0 bridgehead atoms. The molecule has 0 radical (unpaired) electrons. The lowest BCUT2D eigenvalue weighted by Gasteiger charge is -2.34. The smallest absolute Gasteiger partial charge is 0.328 e. The first kappa shape index (κ1) is 31.1. The number of likely N-dealkylation sites (N-methyl/N-ethyl adjacent to an activating group) is 1. The Morgan fingerprint density at radius 1 is 1.11 bits per heavy atom. The molecule has 1 aliphatic heterocycles. The van der Waals surface area contributed by atoms with E-state index >= 15 is 0 Å². The van der Waals surface area contributed by atoms with Crippen molar-refractivity contribution in [3.8, 4) is 5.75 Å². The number of hydrogen-bond acceptors (Lipinski definition) is 7. The molecule has 2 rings (SSSR count). The molecule has 2 N–H and O–H groups in total. The summed E-state index contributed by atoms with van der Waals surface area (Å²) in [5.74, 6) is -1.43. The quantitative estimate of drug-likeness (QED) is 0.392. The van der Waals surface area contributed by atoms with Gasteiger partial charge in [-0.2, -0.15) is 0 Å². The third kappa shape index (κ3) is 7.93. The van der Waals surface area contributed by atoms with Crippen LogP contribution in [0.4, 0.5) is 0 Å². The Morgan fingerprint density at radius 3 is 2.26 bits per heavy atom. The summed E-state index contributed by atoms with van der Waals surface area (Å²) in [4.78, 5) is 55.4. The van der Waals surface area contributed by atoms with Crippen LogP contribution in [0.3, 0.4) is 0 Å². The molecular weight excluding hydrogens is 490 g/mol. The summed E-state index contributed by atoms with van der Waals surface area (Å²) >= 11 is 0. The van der Waals surface area contributed by atoms with Crippen LogP contribution in [0.2, 0.25) is 0 Å². The average Bonchev–Trinajstić information content (AvgIpc) is 3.39. The number of likely N-dealkylation sites (tertiary alicyclic amines) is 1. The SMILES string of the molecule is COC(=O)[C@H](Cc1ccc(OC)cc1)N(C)C(=O)[C@@H]1CCCN1C(=O)[C@H](CC(C)C)NC(=O)[C@@H](O)C(C)C. The summed E-state index contributed by atoms with van der Waals surface area (Å²) < 4.78 is 10.2. The number of nitrogens with zero attached hydrogens (tertiary/aromatic N) is 2. The van der Waals surface area contributed by atoms with Gasteiger partial charge in [-0.3, -0.25) is 14.4 Å². The number of carbonyl (C=O) groups excluding carboxylic acids is 4. The zero-order chi connectivity index (χ0) is 28.6. The van der Waals surface area contributed by atoms with Crippen molar-refractivity contribution in [2.45, 2.75) is 77.6 Å². The highest BCUT2D eigenvalue weighted by atomic mass is 16.5. The fourth-order valence-corrected chi connectivity index (χ4v) is 4.63. The van der Waals surface area contributed by atoms with Gasteiger partial charge in [-0.05, 0) is 48.8 Å². The summed E-state index contributed by atoms with van der Waals surface area (Å²) in [6.45, 7) is 7.68. The van der Waals surface area contributed by atoms with Crippen molar-refractivity contribution < 1.29 is 33.8 Å². The van der Waals surface area contributed by atoms with E-state index in [0.29, 0.717) is 31.6 Å². The van der Waals surface area contributed by atoms with Crippen LogP contribution in [0.5, 0.6) is 5.75 Å². The van der Waals surface area contributed by atoms with Gasteiger partial charge in [0.1, 0.15) is 30.0 Å². The maximum atomic E-state index is 13.7. The average molecular weight is 534 g/mol. The second-order valence-corrected chi connectivity index (χ2v) is 10.6. The molecular formula is C28H43N3O7. The van der Waals surface area contributed by atoms with E-state index in [0.717, 1.165) is 5.56 Å². The van der Waals surface area contributed by atoms with Crippen LogP contribution in [0.25, 0.3) is 0 Å². The van der Waals surface area contributed by atoms with Crippen LogP contribution in [0.1, 0.15) is 52.5 Å². The predicted octanol–water partition coefficient (Wildman–Crippen LogP) is 1.78. The summed E-state index contributed by atoms with van der Waals surface area (Å²) in [7, 11) is 4.38. The molecule has 10 heteroatoms. The summed E-state index contributed by atoms with van der Waals surface area (Å²) in [6.07, 6.45) is 0.429. The molecule has 3 amide bonds. The first-order valence-corrected chi connectivity index (χ1v) is 13.2. The molecule has 1 saturated heterocycles. The zero-order valence-corrected chi connectivity index (χ0v) is 23.6. The standard InChI is InChI=1S/C28H43N3O7/c1-17(2)15-21(29-25(33)24(32)18(3)4)26(34)31-14-8-9-22(31)27(35)30(5)23(28(36)38-7)16-19-10-12-20(37-6)13-11-19/h10-13,17-18,21-24,32H,8-9,14-16H2,1-7H3,(H,29,33)/t21-,22-,23-,24-/m0/s1. The topological polar surface area (TPSA) is 125 Å². The lowest BCUT2D eigenvalue weighted by atomic mass is 10.00. The molecule has 0 unspecified atom stereocenters. The molecule has 4 atom stereocenters. The van der Waals surface area contributed by atoms with Gasteiger partial charge in [0.05, 0.1) is 14.2 Å². The van der Waals surface area contributed by atoms with E-state index in [-0.39, 0.29) is 30.1 Å². The van der Waals surface area contributed by atoms with E-state index in [2.05, 4.69) is 5.32 Å². The fourth-order valence-electron chi connectivity index (χ4n) is 4.63. The molecule has 0 aromatic heterocycles. The normalized spacial score (nSPS) is 17.6. The molecule has 0 saturated carbocycles. The van der Waals surface area contributed by atoms with E-state index in [1.54, 1.807) is 40.1 Å². The van der Waals surface area contributed by atoms with Gasteiger partial charge in [-0.25, -0.2) is 4.79 Å². The van der Waals surface area contributed by atoms with Crippen molar-refractivity contribution in [2.24, 2.45) is 11.8 Å². The molecule has 38 heavy (non-hydrogen) atoms. The van der Waals surface area contributed by atoms with Gasteiger partial charge in [0.15, 0.2) is 0 Å². The summed E-state index contributed by atoms with van der Waals surface area (Å²) in [6, 6.07) is 4.69. The van der Waals surface area contributed by atoms with Crippen molar-refractivity contribution in [3.63, 3.8) is 0 Å². The van der Waals surface area contributed by atoms with Crippen molar-refractivity contribution >= 4 is 23.7 Å². The Morgan fingerprint density at radius 2 is 1.74 bits per heavy atom. The van der Waals surface area contributed by atoms with Crippen LogP contribution >= 0.6 is 0 Å². The van der Waals surface area contributed by atoms with Gasteiger partial charge >= 0.3 is 5.97 Å². The van der Waals surface area contributed by atoms with Crippen molar-refractivity contribution in [3.05, 3.63) is 29.8 Å². The van der Waals surface area contributed by atoms with Crippen LogP contribution in [0.15, 0.2) is 24.3 Å². The van der Waals surface area contributed by atoms with Crippen LogP contribution in [0, 0.1) is 11.8 Å². The van der Waals surface area contributed by atoms with Crippen LogP contribution in [-0.4, -0.2) is 90.6 Å². The van der Waals surface area contributed by atoms with E-state index in [1.807, 2.05) is 26.0 Å². The number of nitrogens with one attached hydrogen (secondary N) is 1. The molecule has 0 aliphatic carbocycles. The number of ether oxygens (including phenoxy) is 2. The van der Waals surface area contributed by atoms with Gasteiger partial charge in [0.25, 0.3) is 0 Å². The fraction of sp³-hybridized carbons (Fsp3) is 0.643. The Bertz CT molecular complexity index is 964. The minimum absolute atomic E-state index is 0.0908. The highest BCUT2D eigenvalue weighted by Gasteiger charge is 2.41. The van der Waals surface area contributed by atoms with Gasteiger partial charge in [-0.1, -0.05) is 39.8 Å². The summed E-state index contributed by atoms with van der Waals surface area (Å²) in [5, 5.41) is 12.9. The van der Waals surface area contributed by atoms with Crippen molar-refractivity contribution in [1.82, 2.24) is 15.1 Å². The minimum atomic E-state index is -1.24. The molecule has 1 aromatic carbocycles. The molecule has 1 heterocycles. The van der Waals surface area contributed by atoms with Gasteiger partial charge in [-0.15, -0.1) is 0 Å². The lowest BCUT2D eigenvalue weighted by Crippen LogP contribution is -2.57. The van der Waals surface area contributed by atoms with E-state index in [1.165, 1.54) is 16.9 Å². The Balaban J connectivity index is 2.23. The molecule has 10 nitrogen and oxygen atoms in total. The Kier molecular flexibility index (Phi) is 11.6. The molecule has 0 spiro atoms. The predicted molar refractivity (Wildman–Crippen MR) is 142 cm³/mol. The Labute approximate surface area is 225 Å². The molecule has 1 aromatic rings. The first-order chi connectivity index (χ1) is 17.9. The van der Waals surface area contributed by atoms with Gasteiger partial charge in [0.2, 0.25) is 17.7 Å². The highest BCUT2D eigenvalue weighted by molar-refractivity contribution is 5.94. The van der Waals surface area contributed by atoms with Crippen molar-refractivity contribution in [2.75, 3.05) is 27.8 Å². The number of aliphatic hydroxyl groups excluding tert-OH is 1. The monoisotopic (exact) mass is 533 g/mol. The van der Waals surface area contributed by atoms with Gasteiger partial charge < -0.3 is 29.7 Å². The number of benzene rings is 1. The first-order valence-electron chi connectivity index (χ1n) is 13.2. The number of hydrogen-bond donors (Lipinski definition) is 2. The minimum Gasteiger partial charge on any atom is -0.497 e. The maximum absolute atomic E-state index is 13.7. The maximum Gasteiger partial charge on any atom is 0.328 e. The third-order valence-electron chi connectivity index (χ3n) is 6.92. The van der Waals surface area contributed by atoms with Crippen LogP contribution < -0.4 is 10.1 Å². The van der Waals surface area contributed by atoms with E-state index in [9.17, 15) is 24.3 Å². The van der Waals surface area contributed by atoms with Crippen LogP contribution in [-0.2, 0) is 30.3 Å². The number of carbonyl (C=O) groups is 4.